The summed E-state index contributed by atoms with van der Waals surface area (Å²) in [7, 11) is 0. The van der Waals surface area contributed by atoms with Crippen LogP contribution in [-0.2, 0) is 4.79 Å². The van der Waals surface area contributed by atoms with Gasteiger partial charge < -0.3 is 15.4 Å². The molecule has 0 bridgehead atoms. The minimum atomic E-state index is -0.512. The van der Waals surface area contributed by atoms with Gasteiger partial charge in [0.1, 0.15) is 5.75 Å². The Morgan fingerprint density at radius 3 is 2.44 bits per heavy atom. The lowest BCUT2D eigenvalue weighted by molar-refractivity contribution is -0.109. The van der Waals surface area contributed by atoms with Gasteiger partial charge in [0.15, 0.2) is 11.6 Å². The molecule has 0 spiro atoms. The maximum atomic E-state index is 15.1. The topological polar surface area (TPSA) is 50.4 Å². The van der Waals surface area contributed by atoms with Gasteiger partial charge in [-0.3, -0.25) is 4.79 Å². The quantitative estimate of drug-likeness (QED) is 0.510. The normalized spacial score (nSPS) is 12.6. The smallest absolute Gasteiger partial charge is 0.207 e. The van der Waals surface area contributed by atoms with Gasteiger partial charge in [0.25, 0.3) is 0 Å². The van der Waals surface area contributed by atoms with E-state index in [0.29, 0.717) is 35.7 Å². The van der Waals surface area contributed by atoms with Crippen molar-refractivity contribution < 1.29 is 13.9 Å². The van der Waals surface area contributed by atoms with Crippen molar-refractivity contribution in [3.8, 4) is 11.5 Å². The summed E-state index contributed by atoms with van der Waals surface area (Å²) in [4.78, 5) is 10.4. The number of rotatable bonds is 9. The molecule has 0 saturated carbocycles. The molecule has 2 rings (SSSR count). The molecule has 2 aromatic carbocycles. The van der Waals surface area contributed by atoms with Crippen molar-refractivity contribution >= 4 is 42.0 Å². The van der Waals surface area contributed by atoms with Crippen LogP contribution in [0.4, 0.5) is 4.39 Å². The minimum Gasteiger partial charge on any atom is -0.453 e. The summed E-state index contributed by atoms with van der Waals surface area (Å²) in [6, 6.07) is 9.59. The summed E-state index contributed by atoms with van der Waals surface area (Å²) in [5, 5.41) is 6.65. The first kappa shape index (κ1) is 23.5. The van der Waals surface area contributed by atoms with Crippen molar-refractivity contribution in [2.24, 2.45) is 0 Å². The Kier molecular flexibility index (Phi) is 9.88. The number of ether oxygens (including phenoxy) is 1. The van der Waals surface area contributed by atoms with Crippen LogP contribution in [0.25, 0.3) is 0 Å². The fourth-order valence-corrected chi connectivity index (χ4v) is 2.90. The first-order valence-electron chi connectivity index (χ1n) is 8.30. The largest absolute Gasteiger partial charge is 0.453 e. The molecule has 0 unspecified atom stereocenters. The second-order valence-electron chi connectivity index (χ2n) is 5.89. The Labute approximate surface area is 174 Å². The van der Waals surface area contributed by atoms with Gasteiger partial charge in [-0.15, -0.1) is 12.4 Å². The lowest BCUT2D eigenvalue weighted by atomic mass is 10.0. The molecule has 8 heteroatoms. The summed E-state index contributed by atoms with van der Waals surface area (Å²) in [6.45, 7) is 4.31. The van der Waals surface area contributed by atoms with Crippen LogP contribution < -0.4 is 15.4 Å². The first-order chi connectivity index (χ1) is 12.5. The van der Waals surface area contributed by atoms with Gasteiger partial charge in [-0.05, 0) is 43.7 Å². The Balaban J connectivity index is 0.00000364. The average Bonchev–Trinajstić information content (AvgIpc) is 2.63. The highest BCUT2D eigenvalue weighted by Gasteiger charge is 2.21. The van der Waals surface area contributed by atoms with Crippen molar-refractivity contribution in [3.63, 3.8) is 0 Å². The van der Waals surface area contributed by atoms with Crippen molar-refractivity contribution in [2.75, 3.05) is 6.54 Å². The number of carbonyl (C=O) groups is 1. The van der Waals surface area contributed by atoms with E-state index in [4.69, 9.17) is 27.9 Å². The monoisotopic (exact) mass is 434 g/mol. The summed E-state index contributed by atoms with van der Waals surface area (Å²) in [5.41, 5.74) is 0.457. The lowest BCUT2D eigenvalue weighted by Gasteiger charge is -2.24. The Morgan fingerprint density at radius 2 is 1.85 bits per heavy atom. The van der Waals surface area contributed by atoms with Crippen molar-refractivity contribution in [1.82, 2.24) is 10.6 Å². The van der Waals surface area contributed by atoms with Gasteiger partial charge in [-0.25, -0.2) is 4.39 Å². The van der Waals surface area contributed by atoms with E-state index in [2.05, 4.69) is 10.6 Å². The standard InChI is InChI=1S/C19H21Cl2FN2O2.ClH/c1-3-17(24-12(2)10-23-11-25)15-8-9-16(21)19(18(15)22)26-14-6-4-13(20)5-7-14;/h4-9,11-12,17,24H,3,10H2,1-2H3,(H,23,25);1H/t12-,17-;/m1./s1. The van der Waals surface area contributed by atoms with Gasteiger partial charge in [0.2, 0.25) is 6.41 Å². The van der Waals surface area contributed by atoms with E-state index in [0.717, 1.165) is 0 Å². The van der Waals surface area contributed by atoms with Crippen LogP contribution in [0.2, 0.25) is 10.0 Å². The van der Waals surface area contributed by atoms with E-state index < -0.39 is 5.82 Å². The summed E-state index contributed by atoms with van der Waals surface area (Å²) in [6.07, 6.45) is 1.30. The molecule has 0 aliphatic heterocycles. The predicted molar refractivity (Wildman–Crippen MR) is 110 cm³/mol. The van der Waals surface area contributed by atoms with Crippen LogP contribution in [0.5, 0.6) is 11.5 Å². The molecule has 0 aromatic heterocycles. The van der Waals surface area contributed by atoms with Gasteiger partial charge in [0, 0.05) is 29.2 Å². The highest BCUT2D eigenvalue weighted by molar-refractivity contribution is 6.32. The van der Waals surface area contributed by atoms with Crippen LogP contribution in [0.3, 0.4) is 0 Å². The summed E-state index contributed by atoms with van der Waals surface area (Å²) >= 11 is 12.0. The van der Waals surface area contributed by atoms with Crippen molar-refractivity contribution in [1.29, 1.82) is 0 Å². The number of carbonyl (C=O) groups excluding carboxylic acids is 1. The SMILES string of the molecule is CC[C@@H](N[C@H](C)CNC=O)c1ccc(Cl)c(Oc2ccc(Cl)cc2)c1F.Cl. The van der Waals surface area contributed by atoms with E-state index >= 15 is 4.39 Å². The molecule has 0 heterocycles. The maximum absolute atomic E-state index is 15.1. The zero-order valence-electron chi connectivity index (χ0n) is 15.0. The Bertz CT molecular complexity index is 744. The Morgan fingerprint density at radius 1 is 1.19 bits per heavy atom. The number of amides is 1. The van der Waals surface area contributed by atoms with E-state index in [1.54, 1.807) is 36.4 Å². The fourth-order valence-electron chi connectivity index (χ4n) is 2.59. The van der Waals surface area contributed by atoms with Gasteiger partial charge in [-0.1, -0.05) is 36.2 Å². The number of benzene rings is 2. The van der Waals surface area contributed by atoms with Crippen molar-refractivity contribution in [3.05, 3.63) is 57.8 Å². The molecule has 0 fully saturated rings. The number of nitrogens with one attached hydrogen (secondary N) is 2. The molecule has 0 aliphatic carbocycles. The molecule has 0 saturated heterocycles. The van der Waals surface area contributed by atoms with E-state index in [9.17, 15) is 4.79 Å². The highest BCUT2D eigenvalue weighted by atomic mass is 35.5. The Hall–Kier alpha value is -1.53. The fraction of sp³-hybridized carbons (Fsp3) is 0.316. The van der Waals surface area contributed by atoms with Gasteiger partial charge in [0.05, 0.1) is 5.02 Å². The molecule has 2 atom stereocenters. The van der Waals surface area contributed by atoms with Crippen LogP contribution >= 0.6 is 35.6 Å². The zero-order chi connectivity index (χ0) is 19.1. The molecule has 4 nitrogen and oxygen atoms in total. The third-order valence-corrected chi connectivity index (χ3v) is 4.44. The van der Waals surface area contributed by atoms with Crippen LogP contribution in [0, 0.1) is 5.82 Å². The lowest BCUT2D eigenvalue weighted by Crippen LogP contribution is -2.38. The molecule has 27 heavy (non-hydrogen) atoms. The van der Waals surface area contributed by atoms with Crippen LogP contribution in [0.1, 0.15) is 31.9 Å². The maximum Gasteiger partial charge on any atom is 0.207 e. The first-order valence-corrected chi connectivity index (χ1v) is 9.06. The molecule has 148 valence electrons. The second-order valence-corrected chi connectivity index (χ2v) is 6.73. The predicted octanol–water partition coefficient (Wildman–Crippen LogP) is 5.52. The third-order valence-electron chi connectivity index (χ3n) is 3.89. The summed E-state index contributed by atoms with van der Waals surface area (Å²) < 4.78 is 20.7. The number of hydrogen-bond acceptors (Lipinski definition) is 3. The van der Waals surface area contributed by atoms with Crippen LogP contribution in [-0.4, -0.2) is 19.0 Å². The van der Waals surface area contributed by atoms with Crippen LogP contribution in [0.15, 0.2) is 36.4 Å². The average molecular weight is 436 g/mol. The highest BCUT2D eigenvalue weighted by Crippen LogP contribution is 2.36. The molecule has 1 amide bonds. The molecule has 0 aliphatic rings. The summed E-state index contributed by atoms with van der Waals surface area (Å²) in [5.74, 6) is -0.0929. The van der Waals surface area contributed by atoms with E-state index in [1.807, 2.05) is 13.8 Å². The molecule has 2 aromatic rings. The minimum absolute atomic E-state index is 0. The number of halogens is 4. The molecular formula is C19H22Cl3FN2O2. The van der Waals surface area contributed by atoms with Gasteiger partial charge in [-0.2, -0.15) is 0 Å². The number of hydrogen-bond donors (Lipinski definition) is 2. The molecule has 2 N–H and O–H groups in total. The second kappa shape index (κ2) is 11.3. The zero-order valence-corrected chi connectivity index (χ0v) is 17.3. The molecular weight excluding hydrogens is 414 g/mol. The van der Waals surface area contributed by atoms with E-state index in [1.165, 1.54) is 0 Å². The third kappa shape index (κ3) is 6.54. The van der Waals surface area contributed by atoms with E-state index in [-0.39, 0.29) is 35.3 Å². The van der Waals surface area contributed by atoms with Gasteiger partial charge >= 0.3 is 0 Å². The van der Waals surface area contributed by atoms with Crippen molar-refractivity contribution in [2.45, 2.75) is 32.4 Å². The molecule has 0 radical (unpaired) electrons.